The smallest absolute Gasteiger partial charge is 0.229 e. The van der Waals surface area contributed by atoms with Gasteiger partial charge in [-0.15, -0.1) is 0 Å². The molecule has 0 spiro atoms. The molecule has 1 N–H and O–H groups in total. The first-order valence-corrected chi connectivity index (χ1v) is 10.0. The zero-order valence-electron chi connectivity index (χ0n) is 13.3. The van der Waals surface area contributed by atoms with Crippen LogP contribution in [0.2, 0.25) is 0 Å². The fourth-order valence-electron chi connectivity index (χ4n) is 3.96. The lowest BCUT2D eigenvalue weighted by molar-refractivity contribution is 0.317. The highest BCUT2D eigenvalue weighted by molar-refractivity contribution is 7.92. The number of methoxy groups -OCH3 is 1. The van der Waals surface area contributed by atoms with Gasteiger partial charge >= 0.3 is 0 Å². The van der Waals surface area contributed by atoms with Crippen molar-refractivity contribution in [2.24, 2.45) is 11.8 Å². The van der Waals surface area contributed by atoms with Gasteiger partial charge in [-0.05, 0) is 47.9 Å². The molecule has 0 amide bonds. The molecule has 0 aliphatic heterocycles. The van der Waals surface area contributed by atoms with Gasteiger partial charge in [0.15, 0.2) is 0 Å². The standard InChI is InChI=1S/C17H25NO3S/c1-21-17-9-8-13(18-22(2,19)20)10-16(17)15-11-14(15)12-6-4-3-5-7-12/h8-10,12,14-15,18H,3-7,11H2,1-2H3. The van der Waals surface area contributed by atoms with E-state index in [1.165, 1.54) is 44.8 Å². The maximum absolute atomic E-state index is 11.4. The van der Waals surface area contributed by atoms with Crippen LogP contribution in [0, 0.1) is 11.8 Å². The Morgan fingerprint density at radius 2 is 1.91 bits per heavy atom. The van der Waals surface area contributed by atoms with Crippen LogP contribution in [0.3, 0.4) is 0 Å². The minimum atomic E-state index is -3.24. The van der Waals surface area contributed by atoms with Crippen molar-refractivity contribution in [1.29, 1.82) is 0 Å². The van der Waals surface area contributed by atoms with Crippen LogP contribution in [0.5, 0.6) is 5.75 Å². The summed E-state index contributed by atoms with van der Waals surface area (Å²) >= 11 is 0. The number of anilines is 1. The second-order valence-electron chi connectivity index (χ2n) is 6.74. The Morgan fingerprint density at radius 3 is 2.55 bits per heavy atom. The summed E-state index contributed by atoms with van der Waals surface area (Å²) in [7, 11) is -1.56. The second-order valence-corrected chi connectivity index (χ2v) is 8.48. The number of nitrogens with one attached hydrogen (secondary N) is 1. The molecule has 5 heteroatoms. The van der Waals surface area contributed by atoms with Gasteiger partial charge in [0.2, 0.25) is 10.0 Å². The van der Waals surface area contributed by atoms with Gasteiger partial charge in [-0.2, -0.15) is 0 Å². The Balaban J connectivity index is 1.78. The molecule has 2 saturated carbocycles. The first kappa shape index (κ1) is 15.7. The van der Waals surface area contributed by atoms with Crippen LogP contribution < -0.4 is 9.46 Å². The number of sulfonamides is 1. The molecule has 4 nitrogen and oxygen atoms in total. The van der Waals surface area contributed by atoms with Gasteiger partial charge in [-0.3, -0.25) is 4.72 Å². The van der Waals surface area contributed by atoms with Crippen molar-refractivity contribution >= 4 is 15.7 Å². The van der Waals surface area contributed by atoms with Gasteiger partial charge in [0.05, 0.1) is 13.4 Å². The zero-order valence-corrected chi connectivity index (χ0v) is 14.2. The number of benzene rings is 1. The molecule has 0 radical (unpaired) electrons. The van der Waals surface area contributed by atoms with Crippen LogP contribution in [0.15, 0.2) is 18.2 Å². The van der Waals surface area contributed by atoms with Crippen molar-refractivity contribution in [2.45, 2.75) is 44.4 Å². The average Bonchev–Trinajstić information content (AvgIpc) is 3.27. The fourth-order valence-corrected chi connectivity index (χ4v) is 4.51. The van der Waals surface area contributed by atoms with Gasteiger partial charge in [0.1, 0.15) is 5.75 Å². The highest BCUT2D eigenvalue weighted by Gasteiger charge is 2.45. The first-order valence-electron chi connectivity index (χ1n) is 8.13. The molecule has 0 bridgehead atoms. The van der Waals surface area contributed by atoms with Crippen LogP contribution in [0.25, 0.3) is 0 Å². The summed E-state index contributed by atoms with van der Waals surface area (Å²) in [5.74, 6) is 3.00. The maximum Gasteiger partial charge on any atom is 0.229 e. The van der Waals surface area contributed by atoms with Gasteiger partial charge in [-0.25, -0.2) is 8.42 Å². The van der Waals surface area contributed by atoms with Crippen molar-refractivity contribution in [2.75, 3.05) is 18.1 Å². The molecule has 122 valence electrons. The van der Waals surface area contributed by atoms with E-state index >= 15 is 0 Å². The lowest BCUT2D eigenvalue weighted by Crippen LogP contribution is -2.11. The number of hydrogen-bond donors (Lipinski definition) is 1. The third kappa shape index (κ3) is 3.57. The quantitative estimate of drug-likeness (QED) is 0.898. The molecule has 2 aliphatic carbocycles. The average molecular weight is 323 g/mol. The molecule has 0 heterocycles. The van der Waals surface area contributed by atoms with E-state index in [2.05, 4.69) is 4.72 Å². The van der Waals surface area contributed by atoms with E-state index in [0.717, 1.165) is 23.1 Å². The molecule has 22 heavy (non-hydrogen) atoms. The summed E-state index contributed by atoms with van der Waals surface area (Å²) < 4.78 is 30.9. The highest BCUT2D eigenvalue weighted by atomic mass is 32.2. The third-order valence-corrected chi connectivity index (χ3v) is 5.63. The van der Waals surface area contributed by atoms with Crippen LogP contribution in [-0.4, -0.2) is 21.8 Å². The monoisotopic (exact) mass is 323 g/mol. The molecule has 3 rings (SSSR count). The molecule has 0 saturated heterocycles. The molecule has 1 aromatic rings. The van der Waals surface area contributed by atoms with Gasteiger partial charge < -0.3 is 4.74 Å². The molecule has 2 aliphatic rings. The first-order chi connectivity index (χ1) is 10.5. The van der Waals surface area contributed by atoms with E-state index in [0.29, 0.717) is 11.6 Å². The number of rotatable bonds is 5. The molecule has 1 aromatic carbocycles. The van der Waals surface area contributed by atoms with Gasteiger partial charge in [0, 0.05) is 5.69 Å². The Hall–Kier alpha value is -1.23. The summed E-state index contributed by atoms with van der Waals surface area (Å²) in [6.45, 7) is 0. The predicted molar refractivity (Wildman–Crippen MR) is 88.9 cm³/mol. The summed E-state index contributed by atoms with van der Waals surface area (Å²) in [6.07, 6.45) is 9.20. The van der Waals surface area contributed by atoms with E-state index in [1.807, 2.05) is 12.1 Å². The second kappa shape index (κ2) is 6.11. The molecular formula is C17H25NO3S. The summed E-state index contributed by atoms with van der Waals surface area (Å²) in [5, 5.41) is 0. The maximum atomic E-state index is 11.4. The summed E-state index contributed by atoms with van der Waals surface area (Å²) in [4.78, 5) is 0. The summed E-state index contributed by atoms with van der Waals surface area (Å²) in [5.41, 5.74) is 1.79. The fraction of sp³-hybridized carbons (Fsp3) is 0.647. The van der Waals surface area contributed by atoms with E-state index in [4.69, 9.17) is 4.74 Å². The lowest BCUT2D eigenvalue weighted by atomic mass is 9.84. The van der Waals surface area contributed by atoms with Crippen LogP contribution in [0.4, 0.5) is 5.69 Å². The van der Waals surface area contributed by atoms with E-state index in [1.54, 1.807) is 13.2 Å². The third-order valence-electron chi connectivity index (χ3n) is 5.03. The lowest BCUT2D eigenvalue weighted by Gasteiger charge is -2.22. The normalized spacial score (nSPS) is 25.7. The Bertz CT molecular complexity index is 635. The molecule has 2 fully saturated rings. The van der Waals surface area contributed by atoms with Gasteiger partial charge in [0.25, 0.3) is 0 Å². The van der Waals surface area contributed by atoms with Crippen LogP contribution in [-0.2, 0) is 10.0 Å². The number of hydrogen-bond acceptors (Lipinski definition) is 3. The molecule has 0 aromatic heterocycles. The minimum Gasteiger partial charge on any atom is -0.496 e. The minimum absolute atomic E-state index is 0.527. The predicted octanol–water partition coefficient (Wildman–Crippen LogP) is 3.75. The van der Waals surface area contributed by atoms with Crippen molar-refractivity contribution in [1.82, 2.24) is 0 Å². The Labute approximate surface area is 133 Å². The van der Waals surface area contributed by atoms with Crippen molar-refractivity contribution in [3.63, 3.8) is 0 Å². The molecular weight excluding hydrogens is 298 g/mol. The van der Waals surface area contributed by atoms with Crippen molar-refractivity contribution < 1.29 is 13.2 Å². The van der Waals surface area contributed by atoms with Crippen LogP contribution >= 0.6 is 0 Å². The number of ether oxygens (including phenoxy) is 1. The van der Waals surface area contributed by atoms with E-state index in [9.17, 15) is 8.42 Å². The summed E-state index contributed by atoms with van der Waals surface area (Å²) in [6, 6.07) is 5.59. The van der Waals surface area contributed by atoms with Crippen molar-refractivity contribution in [3.05, 3.63) is 23.8 Å². The van der Waals surface area contributed by atoms with E-state index < -0.39 is 10.0 Å². The topological polar surface area (TPSA) is 55.4 Å². The largest absolute Gasteiger partial charge is 0.496 e. The SMILES string of the molecule is COc1ccc(NS(C)(=O)=O)cc1C1CC1C1CCCCC1. The van der Waals surface area contributed by atoms with Gasteiger partial charge in [-0.1, -0.05) is 32.1 Å². The van der Waals surface area contributed by atoms with Crippen molar-refractivity contribution in [3.8, 4) is 5.75 Å². The van der Waals surface area contributed by atoms with Crippen LogP contribution in [0.1, 0.15) is 50.0 Å². The Kier molecular flexibility index (Phi) is 4.35. The molecule has 2 unspecified atom stereocenters. The van der Waals surface area contributed by atoms with E-state index in [-0.39, 0.29) is 0 Å². The highest BCUT2D eigenvalue weighted by Crippen LogP contribution is 2.57. The molecule has 2 atom stereocenters. The Morgan fingerprint density at radius 1 is 1.18 bits per heavy atom. The zero-order chi connectivity index (χ0) is 15.7.